The molecule has 1 aliphatic heterocycles. The smallest absolute Gasteiger partial charge is 0.266 e. The molecule has 1 amide bonds. The summed E-state index contributed by atoms with van der Waals surface area (Å²) >= 11 is 0. The molecule has 0 aliphatic carbocycles. The lowest BCUT2D eigenvalue weighted by Crippen LogP contribution is -2.54. The van der Waals surface area contributed by atoms with E-state index in [0.29, 0.717) is 11.5 Å². The lowest BCUT2D eigenvalue weighted by Gasteiger charge is -2.34. The van der Waals surface area contributed by atoms with E-state index in [2.05, 4.69) is 5.32 Å². The van der Waals surface area contributed by atoms with Gasteiger partial charge in [0.15, 0.2) is 5.60 Å². The second-order valence-corrected chi connectivity index (χ2v) is 5.33. The van der Waals surface area contributed by atoms with Gasteiger partial charge in [-0.15, -0.1) is 0 Å². The molecule has 1 aromatic rings. The van der Waals surface area contributed by atoms with Crippen LogP contribution in [0.3, 0.4) is 0 Å². The number of hydrogen-bond donors (Lipinski definition) is 1. The standard InChI is InChI=1S/C15H22N2O3/c1-15(2,14(18)17-9-7-16-8-10-17)20-13-6-4-5-12(11-13)19-3/h4-6,11,16H,7-10H2,1-3H3. The van der Waals surface area contributed by atoms with Crippen molar-refractivity contribution in [1.29, 1.82) is 0 Å². The van der Waals surface area contributed by atoms with Crippen molar-refractivity contribution in [2.75, 3.05) is 33.3 Å². The Labute approximate surface area is 119 Å². The van der Waals surface area contributed by atoms with Crippen LogP contribution in [0.15, 0.2) is 24.3 Å². The fourth-order valence-corrected chi connectivity index (χ4v) is 2.25. The third kappa shape index (κ3) is 3.42. The van der Waals surface area contributed by atoms with E-state index in [4.69, 9.17) is 9.47 Å². The van der Waals surface area contributed by atoms with Crippen molar-refractivity contribution < 1.29 is 14.3 Å². The number of piperazine rings is 1. The zero-order valence-electron chi connectivity index (χ0n) is 12.3. The van der Waals surface area contributed by atoms with Crippen LogP contribution in [0.1, 0.15) is 13.8 Å². The molecule has 0 aromatic heterocycles. The van der Waals surface area contributed by atoms with Gasteiger partial charge in [0.05, 0.1) is 7.11 Å². The fraction of sp³-hybridized carbons (Fsp3) is 0.533. The first-order valence-electron chi connectivity index (χ1n) is 6.86. The highest BCUT2D eigenvalue weighted by atomic mass is 16.5. The Bertz CT molecular complexity index is 468. The van der Waals surface area contributed by atoms with E-state index in [0.717, 1.165) is 26.2 Å². The van der Waals surface area contributed by atoms with Gasteiger partial charge in [0.1, 0.15) is 11.5 Å². The van der Waals surface area contributed by atoms with E-state index in [-0.39, 0.29) is 5.91 Å². The van der Waals surface area contributed by atoms with Crippen LogP contribution in [0.25, 0.3) is 0 Å². The van der Waals surface area contributed by atoms with Gasteiger partial charge in [-0.1, -0.05) is 6.07 Å². The van der Waals surface area contributed by atoms with Gasteiger partial charge in [-0.25, -0.2) is 0 Å². The van der Waals surface area contributed by atoms with Crippen LogP contribution in [0.2, 0.25) is 0 Å². The highest BCUT2D eigenvalue weighted by Gasteiger charge is 2.34. The molecule has 5 heteroatoms. The largest absolute Gasteiger partial charge is 0.497 e. The Morgan fingerprint density at radius 2 is 1.90 bits per heavy atom. The van der Waals surface area contributed by atoms with Crippen LogP contribution in [0.4, 0.5) is 0 Å². The molecule has 1 saturated heterocycles. The molecule has 0 atom stereocenters. The molecular formula is C15H22N2O3. The Balaban J connectivity index is 2.06. The van der Waals surface area contributed by atoms with Gasteiger partial charge in [-0.3, -0.25) is 4.79 Å². The third-order valence-corrected chi connectivity index (χ3v) is 3.33. The van der Waals surface area contributed by atoms with Crippen LogP contribution < -0.4 is 14.8 Å². The van der Waals surface area contributed by atoms with Crippen molar-refractivity contribution in [3.8, 4) is 11.5 Å². The number of methoxy groups -OCH3 is 1. The molecule has 0 spiro atoms. The van der Waals surface area contributed by atoms with Crippen LogP contribution in [-0.2, 0) is 4.79 Å². The van der Waals surface area contributed by atoms with E-state index >= 15 is 0 Å². The Hall–Kier alpha value is -1.75. The predicted octanol–water partition coefficient (Wildman–Crippen LogP) is 1.28. The molecule has 0 unspecified atom stereocenters. The number of nitrogens with one attached hydrogen (secondary N) is 1. The number of nitrogens with zero attached hydrogens (tertiary/aromatic N) is 1. The molecule has 20 heavy (non-hydrogen) atoms. The van der Waals surface area contributed by atoms with E-state index in [9.17, 15) is 4.79 Å². The summed E-state index contributed by atoms with van der Waals surface area (Å²) in [6.07, 6.45) is 0. The van der Waals surface area contributed by atoms with Crippen molar-refractivity contribution in [2.24, 2.45) is 0 Å². The third-order valence-electron chi connectivity index (χ3n) is 3.33. The van der Waals surface area contributed by atoms with Gasteiger partial charge < -0.3 is 19.7 Å². The number of carbonyl (C=O) groups is 1. The molecule has 1 heterocycles. The fourth-order valence-electron chi connectivity index (χ4n) is 2.25. The van der Waals surface area contributed by atoms with E-state index in [1.165, 1.54) is 0 Å². The zero-order valence-corrected chi connectivity index (χ0v) is 12.3. The topological polar surface area (TPSA) is 50.8 Å². The van der Waals surface area contributed by atoms with Gasteiger partial charge in [0, 0.05) is 32.2 Å². The molecular weight excluding hydrogens is 256 g/mol. The Kier molecular flexibility index (Phi) is 4.49. The van der Waals surface area contributed by atoms with Crippen LogP contribution in [-0.4, -0.2) is 49.7 Å². The Morgan fingerprint density at radius 1 is 1.25 bits per heavy atom. The van der Waals surface area contributed by atoms with Crippen molar-refractivity contribution in [3.05, 3.63) is 24.3 Å². The molecule has 1 aliphatic rings. The summed E-state index contributed by atoms with van der Waals surface area (Å²) in [6, 6.07) is 7.31. The molecule has 110 valence electrons. The van der Waals surface area contributed by atoms with Crippen molar-refractivity contribution >= 4 is 5.91 Å². The lowest BCUT2D eigenvalue weighted by molar-refractivity contribution is -0.146. The molecule has 1 N–H and O–H groups in total. The average molecular weight is 278 g/mol. The quantitative estimate of drug-likeness (QED) is 0.901. The maximum absolute atomic E-state index is 12.5. The Morgan fingerprint density at radius 3 is 2.55 bits per heavy atom. The van der Waals surface area contributed by atoms with E-state index in [1.807, 2.05) is 23.1 Å². The van der Waals surface area contributed by atoms with Crippen molar-refractivity contribution in [2.45, 2.75) is 19.4 Å². The molecule has 0 saturated carbocycles. The van der Waals surface area contributed by atoms with Gasteiger partial charge >= 0.3 is 0 Å². The second kappa shape index (κ2) is 6.13. The number of ether oxygens (including phenoxy) is 2. The zero-order chi connectivity index (χ0) is 14.6. The molecule has 1 aromatic carbocycles. The first-order chi connectivity index (χ1) is 9.53. The van der Waals surface area contributed by atoms with Gasteiger partial charge in [0.25, 0.3) is 5.91 Å². The van der Waals surface area contributed by atoms with Crippen molar-refractivity contribution in [3.63, 3.8) is 0 Å². The normalized spacial score (nSPS) is 15.8. The van der Waals surface area contributed by atoms with Crippen molar-refractivity contribution in [1.82, 2.24) is 10.2 Å². The second-order valence-electron chi connectivity index (χ2n) is 5.33. The molecule has 2 rings (SSSR count). The number of carbonyl (C=O) groups excluding carboxylic acids is 1. The number of rotatable bonds is 4. The SMILES string of the molecule is COc1cccc(OC(C)(C)C(=O)N2CCNCC2)c1. The summed E-state index contributed by atoms with van der Waals surface area (Å²) in [7, 11) is 1.61. The first-order valence-corrected chi connectivity index (χ1v) is 6.86. The molecule has 0 bridgehead atoms. The predicted molar refractivity (Wildman–Crippen MR) is 77.2 cm³/mol. The number of hydrogen-bond acceptors (Lipinski definition) is 4. The van der Waals surface area contributed by atoms with Crippen LogP contribution >= 0.6 is 0 Å². The van der Waals surface area contributed by atoms with E-state index in [1.54, 1.807) is 27.0 Å². The van der Waals surface area contributed by atoms with Gasteiger partial charge in [-0.2, -0.15) is 0 Å². The maximum Gasteiger partial charge on any atom is 0.266 e. The lowest BCUT2D eigenvalue weighted by atomic mass is 10.1. The summed E-state index contributed by atoms with van der Waals surface area (Å²) in [5.41, 5.74) is -0.885. The molecule has 0 radical (unpaired) electrons. The number of benzene rings is 1. The maximum atomic E-state index is 12.5. The van der Waals surface area contributed by atoms with E-state index < -0.39 is 5.60 Å². The summed E-state index contributed by atoms with van der Waals surface area (Å²) in [5.74, 6) is 1.37. The highest BCUT2D eigenvalue weighted by molar-refractivity contribution is 5.85. The highest BCUT2D eigenvalue weighted by Crippen LogP contribution is 2.24. The minimum atomic E-state index is -0.885. The van der Waals surface area contributed by atoms with Crippen LogP contribution in [0, 0.1) is 0 Å². The minimum absolute atomic E-state index is 0.0156. The minimum Gasteiger partial charge on any atom is -0.497 e. The summed E-state index contributed by atoms with van der Waals surface area (Å²) < 4.78 is 11.0. The van der Waals surface area contributed by atoms with Gasteiger partial charge in [-0.05, 0) is 26.0 Å². The van der Waals surface area contributed by atoms with Crippen LogP contribution in [0.5, 0.6) is 11.5 Å². The monoisotopic (exact) mass is 278 g/mol. The first kappa shape index (κ1) is 14.7. The average Bonchev–Trinajstić information content (AvgIpc) is 2.47. The molecule has 5 nitrogen and oxygen atoms in total. The summed E-state index contributed by atoms with van der Waals surface area (Å²) in [5, 5.41) is 3.23. The summed E-state index contributed by atoms with van der Waals surface area (Å²) in [4.78, 5) is 14.4. The molecule has 1 fully saturated rings. The van der Waals surface area contributed by atoms with Gasteiger partial charge in [0.2, 0.25) is 0 Å². The number of amides is 1. The summed E-state index contributed by atoms with van der Waals surface area (Å²) in [6.45, 7) is 6.73.